The molecule has 1 aliphatic heterocycles. The van der Waals surface area contributed by atoms with E-state index in [2.05, 4.69) is 4.74 Å². The molecule has 0 N–H and O–H groups in total. The molecule has 1 fully saturated rings. The lowest BCUT2D eigenvalue weighted by molar-refractivity contribution is 0.132. The zero-order valence-corrected chi connectivity index (χ0v) is 11.8. The van der Waals surface area contributed by atoms with Crippen LogP contribution in [0.25, 0.3) is 0 Å². The molecule has 1 atom stereocenters. The van der Waals surface area contributed by atoms with Gasteiger partial charge in [-0.2, -0.15) is 0 Å². The highest BCUT2D eigenvalue weighted by Gasteiger charge is 2.28. The Balaban J connectivity index is 2.18. The van der Waals surface area contributed by atoms with Crippen molar-refractivity contribution in [3.63, 3.8) is 0 Å². The fourth-order valence-corrected chi connectivity index (χ4v) is 3.00. The molecular formula is C13H17NO4S. The van der Waals surface area contributed by atoms with E-state index in [-0.39, 0.29) is 12.0 Å². The van der Waals surface area contributed by atoms with Gasteiger partial charge in [-0.3, -0.25) is 0 Å². The maximum absolute atomic E-state index is 11.5. The Morgan fingerprint density at radius 1 is 1.42 bits per heavy atom. The third-order valence-electron chi connectivity index (χ3n) is 3.38. The topological polar surface area (TPSA) is 63.7 Å². The molecule has 104 valence electrons. The Kier molecular flexibility index (Phi) is 3.80. The third-order valence-corrected chi connectivity index (χ3v) is 4.49. The lowest BCUT2D eigenvalue weighted by Crippen LogP contribution is -2.28. The van der Waals surface area contributed by atoms with Gasteiger partial charge in [-0.1, -0.05) is 12.1 Å². The summed E-state index contributed by atoms with van der Waals surface area (Å²) in [6.07, 6.45) is 1.69. The van der Waals surface area contributed by atoms with Gasteiger partial charge in [-0.25, -0.2) is 13.2 Å². The molecular weight excluding hydrogens is 266 g/mol. The monoisotopic (exact) mass is 283 g/mol. The van der Waals surface area contributed by atoms with Gasteiger partial charge in [0.1, 0.15) is 0 Å². The summed E-state index contributed by atoms with van der Waals surface area (Å²) in [5.74, 6) is 0.167. The van der Waals surface area contributed by atoms with Crippen molar-refractivity contribution in [3.8, 4) is 0 Å². The number of hydrogen-bond donors (Lipinski definition) is 0. The molecule has 6 heteroatoms. The summed E-state index contributed by atoms with van der Waals surface area (Å²) in [7, 11) is -1.83. The number of sulfone groups is 1. The zero-order valence-electron chi connectivity index (χ0n) is 11.0. The Hall–Kier alpha value is -1.56. The minimum absolute atomic E-state index is 0.167. The van der Waals surface area contributed by atoms with E-state index >= 15 is 0 Å². The molecule has 19 heavy (non-hydrogen) atoms. The van der Waals surface area contributed by atoms with Crippen molar-refractivity contribution in [3.05, 3.63) is 29.8 Å². The van der Waals surface area contributed by atoms with Crippen molar-refractivity contribution >= 4 is 15.9 Å². The number of hydrogen-bond acceptors (Lipinski definition) is 4. The largest absolute Gasteiger partial charge is 0.453 e. The van der Waals surface area contributed by atoms with Crippen molar-refractivity contribution in [2.75, 3.05) is 26.5 Å². The predicted molar refractivity (Wildman–Crippen MR) is 70.9 cm³/mol. The van der Waals surface area contributed by atoms with Gasteiger partial charge >= 0.3 is 6.09 Å². The molecule has 0 bridgehead atoms. The molecule has 1 unspecified atom stereocenters. The van der Waals surface area contributed by atoms with Crippen LogP contribution in [0.3, 0.4) is 0 Å². The van der Waals surface area contributed by atoms with Crippen LogP contribution in [0.5, 0.6) is 0 Å². The average Bonchev–Trinajstić information content (AvgIpc) is 2.86. The number of benzene rings is 1. The first kappa shape index (κ1) is 13.9. The van der Waals surface area contributed by atoms with Gasteiger partial charge in [0.05, 0.1) is 12.0 Å². The van der Waals surface area contributed by atoms with Gasteiger partial charge in [-0.05, 0) is 24.1 Å². The first-order valence-electron chi connectivity index (χ1n) is 6.04. The number of carbonyl (C=O) groups excluding carboxylic acids is 1. The van der Waals surface area contributed by atoms with Crippen molar-refractivity contribution < 1.29 is 17.9 Å². The van der Waals surface area contributed by atoms with Crippen LogP contribution >= 0.6 is 0 Å². The molecule has 0 aliphatic carbocycles. The summed E-state index contributed by atoms with van der Waals surface area (Å²) in [6.45, 7) is 1.21. The summed E-state index contributed by atoms with van der Waals surface area (Å²) in [5, 5.41) is 0. The summed E-state index contributed by atoms with van der Waals surface area (Å²) in [4.78, 5) is 13.4. The molecule has 1 saturated heterocycles. The fraction of sp³-hybridized carbons (Fsp3) is 0.462. The molecule has 1 aromatic carbocycles. The molecule has 0 saturated carbocycles. The number of methoxy groups -OCH3 is 1. The summed E-state index contributed by atoms with van der Waals surface area (Å²) in [5.41, 5.74) is 0.953. The van der Waals surface area contributed by atoms with Gasteiger partial charge in [-0.15, -0.1) is 0 Å². The van der Waals surface area contributed by atoms with E-state index < -0.39 is 9.84 Å². The van der Waals surface area contributed by atoms with E-state index in [1.54, 1.807) is 23.1 Å². The molecule has 1 aromatic rings. The lowest BCUT2D eigenvalue weighted by atomic mass is 9.99. The maximum Gasteiger partial charge on any atom is 0.409 e. The number of nitrogens with zero attached hydrogens (tertiary/aromatic N) is 1. The minimum Gasteiger partial charge on any atom is -0.453 e. The number of rotatable bonds is 2. The van der Waals surface area contributed by atoms with Crippen LogP contribution in [0, 0.1) is 0 Å². The summed E-state index contributed by atoms with van der Waals surface area (Å²) < 4.78 is 27.8. The predicted octanol–water partition coefficient (Wildman–Crippen LogP) is 1.65. The Labute approximate surface area is 113 Å². The zero-order chi connectivity index (χ0) is 14.0. The molecule has 1 aliphatic rings. The van der Waals surface area contributed by atoms with Crippen LogP contribution in [0.1, 0.15) is 17.9 Å². The second-order valence-corrected chi connectivity index (χ2v) is 6.76. The Morgan fingerprint density at radius 3 is 2.79 bits per heavy atom. The SMILES string of the molecule is COC(=O)N1CCC(c2cccc(S(C)(=O)=O)c2)C1. The van der Waals surface area contributed by atoms with E-state index in [4.69, 9.17) is 0 Å². The maximum atomic E-state index is 11.5. The highest BCUT2D eigenvalue weighted by molar-refractivity contribution is 7.90. The molecule has 0 radical (unpaired) electrons. The van der Waals surface area contributed by atoms with Crippen molar-refractivity contribution in [2.45, 2.75) is 17.2 Å². The van der Waals surface area contributed by atoms with Crippen LogP contribution in [-0.2, 0) is 14.6 Å². The molecule has 1 heterocycles. The van der Waals surface area contributed by atoms with Crippen molar-refractivity contribution in [1.82, 2.24) is 4.90 Å². The van der Waals surface area contributed by atoms with E-state index in [0.29, 0.717) is 18.0 Å². The number of likely N-dealkylation sites (tertiary alicyclic amines) is 1. The second kappa shape index (κ2) is 5.21. The minimum atomic E-state index is -3.19. The van der Waals surface area contributed by atoms with E-state index in [1.165, 1.54) is 13.4 Å². The average molecular weight is 283 g/mol. The first-order chi connectivity index (χ1) is 8.91. The van der Waals surface area contributed by atoms with Crippen molar-refractivity contribution in [2.24, 2.45) is 0 Å². The smallest absolute Gasteiger partial charge is 0.409 e. The Bertz CT molecular complexity index is 582. The van der Waals surface area contributed by atoms with Crippen LogP contribution in [0.15, 0.2) is 29.2 Å². The van der Waals surface area contributed by atoms with Crippen LogP contribution in [0.4, 0.5) is 4.79 Å². The van der Waals surface area contributed by atoms with E-state index in [0.717, 1.165) is 12.0 Å². The summed E-state index contributed by atoms with van der Waals surface area (Å²) in [6, 6.07) is 6.93. The first-order valence-corrected chi connectivity index (χ1v) is 7.94. The van der Waals surface area contributed by atoms with Crippen molar-refractivity contribution in [1.29, 1.82) is 0 Å². The van der Waals surface area contributed by atoms with Crippen LogP contribution in [0.2, 0.25) is 0 Å². The van der Waals surface area contributed by atoms with E-state index in [1.807, 2.05) is 6.07 Å². The highest BCUT2D eigenvalue weighted by Crippen LogP contribution is 2.28. The van der Waals surface area contributed by atoms with Gasteiger partial charge in [0.25, 0.3) is 0 Å². The highest BCUT2D eigenvalue weighted by atomic mass is 32.2. The molecule has 2 rings (SSSR count). The van der Waals surface area contributed by atoms with Crippen LogP contribution in [-0.4, -0.2) is 45.9 Å². The number of amides is 1. The third kappa shape index (κ3) is 3.07. The second-order valence-electron chi connectivity index (χ2n) is 4.75. The fourth-order valence-electron chi connectivity index (χ4n) is 2.33. The van der Waals surface area contributed by atoms with Gasteiger partial charge in [0.15, 0.2) is 9.84 Å². The summed E-state index contributed by atoms with van der Waals surface area (Å²) >= 11 is 0. The normalized spacial score (nSPS) is 19.5. The van der Waals surface area contributed by atoms with Gasteiger partial charge in [0, 0.05) is 25.3 Å². The Morgan fingerprint density at radius 2 is 2.16 bits per heavy atom. The quantitative estimate of drug-likeness (QED) is 0.828. The molecule has 0 spiro atoms. The molecule has 5 nitrogen and oxygen atoms in total. The standard InChI is InChI=1S/C13H17NO4S/c1-18-13(15)14-7-6-11(9-14)10-4-3-5-12(8-10)19(2,16)17/h3-5,8,11H,6-7,9H2,1-2H3. The molecule has 1 amide bonds. The van der Waals surface area contributed by atoms with Gasteiger partial charge < -0.3 is 9.64 Å². The van der Waals surface area contributed by atoms with Gasteiger partial charge in [0.2, 0.25) is 0 Å². The van der Waals surface area contributed by atoms with E-state index in [9.17, 15) is 13.2 Å². The number of ether oxygens (including phenoxy) is 1. The molecule has 0 aromatic heterocycles. The lowest BCUT2D eigenvalue weighted by Gasteiger charge is -2.15. The number of carbonyl (C=O) groups is 1. The van der Waals surface area contributed by atoms with Crippen LogP contribution < -0.4 is 0 Å².